The van der Waals surface area contributed by atoms with E-state index in [4.69, 9.17) is 4.74 Å². The summed E-state index contributed by atoms with van der Waals surface area (Å²) < 4.78 is 6.33. The third-order valence-electron chi connectivity index (χ3n) is 4.06. The molecule has 0 aliphatic carbocycles. The zero-order valence-electron chi connectivity index (χ0n) is 13.5. The van der Waals surface area contributed by atoms with Crippen molar-refractivity contribution >= 4 is 33.2 Å². The molecule has 0 aromatic heterocycles. The smallest absolute Gasteiger partial charge is 0.224 e. The summed E-state index contributed by atoms with van der Waals surface area (Å²) >= 11 is 3.40. The molecule has 4 nitrogen and oxygen atoms in total. The highest BCUT2D eigenvalue weighted by atomic mass is 79.9. The largest absolute Gasteiger partial charge is 0.378 e. The minimum Gasteiger partial charge on any atom is -0.378 e. The molecule has 1 heterocycles. The molecular formula is C19H21BrN2O2. The molecule has 0 spiro atoms. The molecule has 1 fully saturated rings. The maximum Gasteiger partial charge on any atom is 0.224 e. The van der Waals surface area contributed by atoms with E-state index < -0.39 is 0 Å². The number of halogens is 1. The van der Waals surface area contributed by atoms with Gasteiger partial charge in [0, 0.05) is 35.4 Å². The van der Waals surface area contributed by atoms with Crippen LogP contribution in [0.3, 0.4) is 0 Å². The Morgan fingerprint density at radius 1 is 1.12 bits per heavy atom. The molecule has 126 valence electrons. The summed E-state index contributed by atoms with van der Waals surface area (Å²) in [5.41, 5.74) is 3.22. The molecule has 5 heteroatoms. The topological polar surface area (TPSA) is 41.6 Å². The molecule has 0 saturated carbocycles. The lowest BCUT2D eigenvalue weighted by Gasteiger charge is -2.28. The van der Waals surface area contributed by atoms with Crippen molar-refractivity contribution in [1.29, 1.82) is 0 Å². The fourth-order valence-corrected chi connectivity index (χ4v) is 3.14. The molecule has 0 unspecified atom stereocenters. The summed E-state index contributed by atoms with van der Waals surface area (Å²) in [6, 6.07) is 16.1. The molecule has 1 amide bonds. The van der Waals surface area contributed by atoms with Gasteiger partial charge in [0.2, 0.25) is 5.91 Å². The zero-order chi connectivity index (χ0) is 16.8. The van der Waals surface area contributed by atoms with Crippen molar-refractivity contribution in [3.63, 3.8) is 0 Å². The van der Waals surface area contributed by atoms with Crippen LogP contribution in [0.5, 0.6) is 0 Å². The van der Waals surface area contributed by atoms with Crippen molar-refractivity contribution in [3.8, 4) is 0 Å². The van der Waals surface area contributed by atoms with Crippen LogP contribution in [0.2, 0.25) is 0 Å². The van der Waals surface area contributed by atoms with Crippen LogP contribution in [0, 0.1) is 0 Å². The molecule has 24 heavy (non-hydrogen) atoms. The van der Waals surface area contributed by atoms with E-state index in [1.165, 1.54) is 11.3 Å². The molecule has 0 atom stereocenters. The first-order chi connectivity index (χ1) is 11.7. The van der Waals surface area contributed by atoms with Crippen molar-refractivity contribution in [3.05, 3.63) is 58.6 Å². The minimum absolute atomic E-state index is 0.0327. The van der Waals surface area contributed by atoms with Gasteiger partial charge in [0.1, 0.15) is 0 Å². The monoisotopic (exact) mass is 388 g/mol. The first-order valence-electron chi connectivity index (χ1n) is 8.18. The fourth-order valence-electron chi connectivity index (χ4n) is 2.74. The van der Waals surface area contributed by atoms with Crippen molar-refractivity contribution in [2.45, 2.75) is 12.8 Å². The lowest BCUT2D eigenvalue weighted by atomic mass is 10.1. The first-order valence-corrected chi connectivity index (χ1v) is 8.97. The van der Waals surface area contributed by atoms with Gasteiger partial charge in [-0.15, -0.1) is 0 Å². The average Bonchev–Trinajstić information content (AvgIpc) is 2.61. The molecule has 1 N–H and O–H groups in total. The maximum atomic E-state index is 12.1. The number of carbonyl (C=O) groups excluding carboxylic acids is 1. The SMILES string of the molecule is O=C(CCc1ccc(N2CCOCC2)cc1)Nc1cccc(Br)c1. The van der Waals surface area contributed by atoms with Gasteiger partial charge in [0.05, 0.1) is 13.2 Å². The van der Waals surface area contributed by atoms with Crippen LogP contribution in [0.1, 0.15) is 12.0 Å². The highest BCUT2D eigenvalue weighted by Crippen LogP contribution is 2.18. The predicted molar refractivity (Wildman–Crippen MR) is 101 cm³/mol. The lowest BCUT2D eigenvalue weighted by molar-refractivity contribution is -0.116. The molecule has 1 aliphatic rings. The van der Waals surface area contributed by atoms with Crippen LogP contribution in [-0.2, 0) is 16.0 Å². The number of amides is 1. The van der Waals surface area contributed by atoms with Gasteiger partial charge in [-0.2, -0.15) is 0 Å². The van der Waals surface area contributed by atoms with E-state index in [-0.39, 0.29) is 5.91 Å². The summed E-state index contributed by atoms with van der Waals surface area (Å²) in [5.74, 6) is 0.0327. The van der Waals surface area contributed by atoms with Gasteiger partial charge in [-0.25, -0.2) is 0 Å². The van der Waals surface area contributed by atoms with Crippen molar-refractivity contribution in [1.82, 2.24) is 0 Å². The van der Waals surface area contributed by atoms with Crippen LogP contribution in [0.15, 0.2) is 53.0 Å². The molecule has 2 aromatic carbocycles. The summed E-state index contributed by atoms with van der Waals surface area (Å²) in [5, 5.41) is 2.93. The number of morpholine rings is 1. The summed E-state index contributed by atoms with van der Waals surface area (Å²) in [6.07, 6.45) is 1.21. The zero-order valence-corrected chi connectivity index (χ0v) is 15.1. The predicted octanol–water partition coefficient (Wildman–Crippen LogP) is 3.86. The number of carbonyl (C=O) groups is 1. The minimum atomic E-state index is 0.0327. The molecule has 0 bridgehead atoms. The van der Waals surface area contributed by atoms with Crippen LogP contribution < -0.4 is 10.2 Å². The number of ether oxygens (including phenoxy) is 1. The standard InChI is InChI=1S/C19H21BrN2O2/c20-16-2-1-3-17(14-16)21-19(23)9-6-15-4-7-18(8-5-15)22-10-12-24-13-11-22/h1-5,7-8,14H,6,9-13H2,(H,21,23). The number of nitrogens with one attached hydrogen (secondary N) is 1. The number of aryl methyl sites for hydroxylation is 1. The van der Waals surface area contributed by atoms with E-state index in [0.29, 0.717) is 6.42 Å². The molecular weight excluding hydrogens is 368 g/mol. The van der Waals surface area contributed by atoms with Crippen molar-refractivity contribution in [2.24, 2.45) is 0 Å². The Morgan fingerprint density at radius 2 is 1.88 bits per heavy atom. The van der Waals surface area contributed by atoms with E-state index in [0.717, 1.165) is 42.9 Å². The summed E-state index contributed by atoms with van der Waals surface area (Å²) in [7, 11) is 0. The van der Waals surface area contributed by atoms with Gasteiger partial charge in [-0.05, 0) is 42.3 Å². The van der Waals surface area contributed by atoms with Crippen LogP contribution in [0.25, 0.3) is 0 Å². The molecule has 1 aliphatic heterocycles. The summed E-state index contributed by atoms with van der Waals surface area (Å²) in [6.45, 7) is 3.46. The number of nitrogens with zero attached hydrogens (tertiary/aromatic N) is 1. The van der Waals surface area contributed by atoms with E-state index >= 15 is 0 Å². The highest BCUT2D eigenvalue weighted by Gasteiger charge is 2.11. The molecule has 3 rings (SSSR count). The van der Waals surface area contributed by atoms with Gasteiger partial charge < -0.3 is 15.0 Å². The first kappa shape index (κ1) is 17.0. The normalized spacial score (nSPS) is 14.5. The van der Waals surface area contributed by atoms with Crippen molar-refractivity contribution < 1.29 is 9.53 Å². The second-order valence-electron chi connectivity index (χ2n) is 5.82. The van der Waals surface area contributed by atoms with Crippen LogP contribution in [-0.4, -0.2) is 32.2 Å². The second kappa shape index (κ2) is 8.31. The Bertz CT molecular complexity index is 682. The number of hydrogen-bond donors (Lipinski definition) is 1. The maximum absolute atomic E-state index is 12.1. The van der Waals surface area contributed by atoms with Gasteiger partial charge in [-0.1, -0.05) is 34.1 Å². The van der Waals surface area contributed by atoms with E-state index in [1.54, 1.807) is 0 Å². The molecule has 0 radical (unpaired) electrons. The highest BCUT2D eigenvalue weighted by molar-refractivity contribution is 9.10. The van der Waals surface area contributed by atoms with Gasteiger partial charge >= 0.3 is 0 Å². The Kier molecular flexibility index (Phi) is 5.88. The molecule has 1 saturated heterocycles. The third-order valence-corrected chi connectivity index (χ3v) is 4.55. The van der Waals surface area contributed by atoms with E-state index in [9.17, 15) is 4.79 Å². The molecule has 2 aromatic rings. The van der Waals surface area contributed by atoms with Gasteiger partial charge in [-0.3, -0.25) is 4.79 Å². The number of benzene rings is 2. The number of hydrogen-bond acceptors (Lipinski definition) is 3. The van der Waals surface area contributed by atoms with Crippen LogP contribution >= 0.6 is 15.9 Å². The third kappa shape index (κ3) is 4.82. The van der Waals surface area contributed by atoms with Gasteiger partial charge in [0.25, 0.3) is 0 Å². The Hall–Kier alpha value is -1.85. The Morgan fingerprint density at radius 3 is 2.58 bits per heavy atom. The van der Waals surface area contributed by atoms with Crippen LogP contribution in [0.4, 0.5) is 11.4 Å². The summed E-state index contributed by atoms with van der Waals surface area (Å²) in [4.78, 5) is 14.4. The Balaban J connectivity index is 1.50. The fraction of sp³-hybridized carbons (Fsp3) is 0.316. The average molecular weight is 389 g/mol. The van der Waals surface area contributed by atoms with E-state index in [2.05, 4.69) is 50.4 Å². The number of rotatable bonds is 5. The quantitative estimate of drug-likeness (QED) is 0.845. The second-order valence-corrected chi connectivity index (χ2v) is 6.74. The lowest BCUT2D eigenvalue weighted by Crippen LogP contribution is -2.36. The van der Waals surface area contributed by atoms with Crippen molar-refractivity contribution in [2.75, 3.05) is 36.5 Å². The van der Waals surface area contributed by atoms with E-state index in [1.807, 2.05) is 24.3 Å². The van der Waals surface area contributed by atoms with Gasteiger partial charge in [0.15, 0.2) is 0 Å². The Labute approximate surface area is 150 Å². The number of anilines is 2.